The minimum Gasteiger partial charge on any atom is -0.389 e. The van der Waals surface area contributed by atoms with Crippen LogP contribution in [0, 0.1) is 0 Å². The summed E-state index contributed by atoms with van der Waals surface area (Å²) in [5.74, 6) is -0.0465. The van der Waals surface area contributed by atoms with Crippen LogP contribution < -0.4 is 10.6 Å². The van der Waals surface area contributed by atoms with E-state index >= 15 is 0 Å². The van der Waals surface area contributed by atoms with Gasteiger partial charge >= 0.3 is 0 Å². The highest BCUT2D eigenvalue weighted by Crippen LogP contribution is 2.20. The van der Waals surface area contributed by atoms with E-state index in [0.717, 1.165) is 0 Å². The lowest BCUT2D eigenvalue weighted by atomic mass is 9.85. The molecule has 90 valence electrons. The first-order valence-electron chi connectivity index (χ1n) is 5.39. The second-order valence-corrected chi connectivity index (χ2v) is 4.94. The van der Waals surface area contributed by atoms with Gasteiger partial charge in [-0.25, -0.2) is 0 Å². The molecule has 0 aromatic carbocycles. The van der Waals surface area contributed by atoms with Crippen LogP contribution >= 0.6 is 0 Å². The summed E-state index contributed by atoms with van der Waals surface area (Å²) in [6.07, 6.45) is 0. The molecule has 0 bridgehead atoms. The van der Waals surface area contributed by atoms with Crippen molar-refractivity contribution in [1.82, 2.24) is 10.6 Å². The molecule has 0 saturated heterocycles. The Morgan fingerprint density at radius 1 is 1.33 bits per heavy atom. The monoisotopic (exact) mass is 216 g/mol. The zero-order valence-corrected chi connectivity index (χ0v) is 10.6. The van der Waals surface area contributed by atoms with Crippen molar-refractivity contribution < 1.29 is 9.90 Å². The number of aliphatic hydroxyl groups is 1. The SMILES string of the molecule is CCNC(=O)C(C)NC(C)(C)C(C)(C)O. The van der Waals surface area contributed by atoms with Crippen LogP contribution in [-0.2, 0) is 4.79 Å². The van der Waals surface area contributed by atoms with E-state index in [-0.39, 0.29) is 11.9 Å². The van der Waals surface area contributed by atoms with Gasteiger partial charge in [0.25, 0.3) is 0 Å². The summed E-state index contributed by atoms with van der Waals surface area (Å²) in [5.41, 5.74) is -1.40. The zero-order valence-electron chi connectivity index (χ0n) is 10.6. The van der Waals surface area contributed by atoms with E-state index in [1.807, 2.05) is 20.8 Å². The molecule has 1 atom stereocenters. The first kappa shape index (κ1) is 14.4. The first-order valence-corrected chi connectivity index (χ1v) is 5.39. The van der Waals surface area contributed by atoms with Crippen molar-refractivity contribution in [3.63, 3.8) is 0 Å². The average Bonchev–Trinajstić information content (AvgIpc) is 2.01. The minimum absolute atomic E-state index is 0.0465. The molecule has 0 saturated carbocycles. The van der Waals surface area contributed by atoms with Crippen LogP contribution in [0.5, 0.6) is 0 Å². The normalized spacial score (nSPS) is 14.9. The van der Waals surface area contributed by atoms with E-state index in [9.17, 15) is 9.90 Å². The van der Waals surface area contributed by atoms with Crippen molar-refractivity contribution >= 4 is 5.91 Å². The molecule has 1 amide bonds. The summed E-state index contributed by atoms with van der Waals surface area (Å²) in [4.78, 5) is 11.5. The molecule has 3 N–H and O–H groups in total. The maximum atomic E-state index is 11.5. The molecule has 0 radical (unpaired) electrons. The highest BCUT2D eigenvalue weighted by atomic mass is 16.3. The van der Waals surface area contributed by atoms with E-state index in [2.05, 4.69) is 10.6 Å². The predicted octanol–water partition coefficient (Wildman–Crippen LogP) is 0.650. The molecule has 0 aliphatic rings. The van der Waals surface area contributed by atoms with E-state index in [4.69, 9.17) is 0 Å². The van der Waals surface area contributed by atoms with Gasteiger partial charge in [-0.05, 0) is 41.5 Å². The number of likely N-dealkylation sites (N-methyl/N-ethyl adjacent to an activating group) is 1. The molecule has 0 fully saturated rings. The molecular formula is C11H24N2O2. The number of rotatable bonds is 5. The Morgan fingerprint density at radius 2 is 1.80 bits per heavy atom. The van der Waals surface area contributed by atoms with E-state index in [1.165, 1.54) is 0 Å². The lowest BCUT2D eigenvalue weighted by Gasteiger charge is -2.40. The molecule has 0 aromatic rings. The fourth-order valence-corrected chi connectivity index (χ4v) is 1.11. The third kappa shape index (κ3) is 4.18. The predicted molar refractivity (Wildman–Crippen MR) is 61.7 cm³/mol. The summed E-state index contributed by atoms with van der Waals surface area (Å²) in [6, 6.07) is -0.314. The van der Waals surface area contributed by atoms with Gasteiger partial charge in [-0.15, -0.1) is 0 Å². The Morgan fingerprint density at radius 3 is 2.13 bits per heavy atom. The van der Waals surface area contributed by atoms with Gasteiger partial charge in [-0.3, -0.25) is 10.1 Å². The second kappa shape index (κ2) is 4.94. The van der Waals surface area contributed by atoms with Crippen molar-refractivity contribution in [2.45, 2.75) is 58.7 Å². The van der Waals surface area contributed by atoms with Crippen molar-refractivity contribution in [3.05, 3.63) is 0 Å². The van der Waals surface area contributed by atoms with Gasteiger partial charge in [-0.2, -0.15) is 0 Å². The van der Waals surface area contributed by atoms with Crippen LogP contribution in [-0.4, -0.2) is 34.7 Å². The molecule has 4 heteroatoms. The lowest BCUT2D eigenvalue weighted by Crippen LogP contribution is -2.61. The smallest absolute Gasteiger partial charge is 0.236 e. The third-order valence-corrected chi connectivity index (χ3v) is 2.85. The van der Waals surface area contributed by atoms with Gasteiger partial charge in [0, 0.05) is 12.1 Å². The van der Waals surface area contributed by atoms with Crippen molar-refractivity contribution in [3.8, 4) is 0 Å². The summed E-state index contributed by atoms with van der Waals surface area (Å²) in [5, 5.41) is 15.8. The van der Waals surface area contributed by atoms with Gasteiger partial charge in [0.15, 0.2) is 0 Å². The van der Waals surface area contributed by atoms with Gasteiger partial charge in [-0.1, -0.05) is 0 Å². The highest BCUT2D eigenvalue weighted by molar-refractivity contribution is 5.81. The fraction of sp³-hybridized carbons (Fsp3) is 0.909. The largest absolute Gasteiger partial charge is 0.389 e. The number of nitrogens with one attached hydrogen (secondary N) is 2. The molecule has 1 unspecified atom stereocenters. The fourth-order valence-electron chi connectivity index (χ4n) is 1.11. The standard InChI is InChI=1S/C11H24N2O2/c1-7-12-9(14)8(2)13-10(3,4)11(5,6)15/h8,13,15H,7H2,1-6H3,(H,12,14). The van der Waals surface area contributed by atoms with Gasteiger partial charge in [0.1, 0.15) is 0 Å². The number of amides is 1. The Labute approximate surface area is 92.4 Å². The molecule has 0 rings (SSSR count). The highest BCUT2D eigenvalue weighted by Gasteiger charge is 2.36. The second-order valence-electron chi connectivity index (χ2n) is 4.94. The summed E-state index contributed by atoms with van der Waals surface area (Å²) >= 11 is 0. The number of carbonyl (C=O) groups excluding carboxylic acids is 1. The Balaban J connectivity index is 4.40. The number of hydrogen-bond donors (Lipinski definition) is 3. The Hall–Kier alpha value is -0.610. The molecular weight excluding hydrogens is 192 g/mol. The Bertz CT molecular complexity index is 219. The minimum atomic E-state index is -0.881. The first-order chi connectivity index (χ1) is 6.62. The molecule has 0 aromatic heterocycles. The number of hydrogen-bond acceptors (Lipinski definition) is 3. The molecule has 4 nitrogen and oxygen atoms in total. The van der Waals surface area contributed by atoms with E-state index in [0.29, 0.717) is 6.54 Å². The van der Waals surface area contributed by atoms with Crippen LogP contribution in [0.25, 0.3) is 0 Å². The average molecular weight is 216 g/mol. The van der Waals surface area contributed by atoms with Crippen molar-refractivity contribution in [2.75, 3.05) is 6.54 Å². The summed E-state index contributed by atoms with van der Waals surface area (Å²) in [6.45, 7) is 11.5. The summed E-state index contributed by atoms with van der Waals surface area (Å²) < 4.78 is 0. The van der Waals surface area contributed by atoms with Crippen LogP contribution in [0.2, 0.25) is 0 Å². The zero-order chi connectivity index (χ0) is 12.3. The van der Waals surface area contributed by atoms with Crippen LogP contribution in [0.4, 0.5) is 0 Å². The van der Waals surface area contributed by atoms with Gasteiger partial charge in [0.05, 0.1) is 11.6 Å². The van der Waals surface area contributed by atoms with Crippen LogP contribution in [0.15, 0.2) is 0 Å². The summed E-state index contributed by atoms with van der Waals surface area (Å²) in [7, 11) is 0. The third-order valence-electron chi connectivity index (χ3n) is 2.85. The maximum Gasteiger partial charge on any atom is 0.236 e. The quantitative estimate of drug-likeness (QED) is 0.632. The van der Waals surface area contributed by atoms with E-state index < -0.39 is 11.1 Å². The van der Waals surface area contributed by atoms with Gasteiger partial charge in [0.2, 0.25) is 5.91 Å². The van der Waals surface area contributed by atoms with E-state index in [1.54, 1.807) is 20.8 Å². The van der Waals surface area contributed by atoms with Crippen LogP contribution in [0.1, 0.15) is 41.5 Å². The number of carbonyl (C=O) groups is 1. The topological polar surface area (TPSA) is 61.4 Å². The molecule has 15 heavy (non-hydrogen) atoms. The molecule has 0 spiro atoms. The molecule has 0 heterocycles. The Kier molecular flexibility index (Phi) is 4.74. The van der Waals surface area contributed by atoms with Crippen molar-refractivity contribution in [2.24, 2.45) is 0 Å². The molecule has 0 aliphatic carbocycles. The maximum absolute atomic E-state index is 11.5. The van der Waals surface area contributed by atoms with Crippen molar-refractivity contribution in [1.29, 1.82) is 0 Å². The van der Waals surface area contributed by atoms with Gasteiger partial charge < -0.3 is 10.4 Å². The van der Waals surface area contributed by atoms with Crippen LogP contribution in [0.3, 0.4) is 0 Å². The lowest BCUT2D eigenvalue weighted by molar-refractivity contribution is -0.124. The molecule has 0 aliphatic heterocycles.